The van der Waals surface area contributed by atoms with Gasteiger partial charge in [-0.3, -0.25) is 4.79 Å². The van der Waals surface area contributed by atoms with Gasteiger partial charge in [-0.05, 0) is 50.5 Å². The predicted molar refractivity (Wildman–Crippen MR) is 104 cm³/mol. The topological polar surface area (TPSA) is 57.2 Å². The smallest absolute Gasteiger partial charge is 0.491 e. The third-order valence-corrected chi connectivity index (χ3v) is 7.62. The van der Waals surface area contributed by atoms with E-state index in [1.807, 2.05) is 36.1 Å². The van der Waals surface area contributed by atoms with Gasteiger partial charge in [-0.15, -0.1) is 0 Å². The molecule has 26 heavy (non-hydrogen) atoms. The third-order valence-electron chi connectivity index (χ3n) is 4.85. The Labute approximate surface area is 157 Å². The van der Waals surface area contributed by atoms with Crippen LogP contribution in [-0.2, 0) is 18.1 Å². The zero-order chi connectivity index (χ0) is 19.0. The molecule has 0 bridgehead atoms. The molecule has 1 aromatic carbocycles. The minimum atomic E-state index is -2.57. The minimum absolute atomic E-state index is 0.00740. The van der Waals surface area contributed by atoms with Gasteiger partial charge in [-0.1, -0.05) is 6.42 Å². The summed E-state index contributed by atoms with van der Waals surface area (Å²) >= 11 is 0. The number of carbonyl (C=O) groups excluding carboxylic acids is 1. The molecule has 7 heteroatoms. The lowest BCUT2D eigenvalue weighted by molar-refractivity contribution is -0.118. The van der Waals surface area contributed by atoms with Gasteiger partial charge in [0, 0.05) is 46.0 Å². The van der Waals surface area contributed by atoms with Crippen LogP contribution in [0.2, 0.25) is 6.04 Å². The lowest BCUT2D eigenvalue weighted by Crippen LogP contribution is -2.43. The summed E-state index contributed by atoms with van der Waals surface area (Å²) in [6, 6.07) is 8.47. The highest BCUT2D eigenvalue weighted by Gasteiger charge is 2.37. The molecule has 6 nitrogen and oxygen atoms in total. The molecule has 0 spiro atoms. The first-order chi connectivity index (χ1) is 12.5. The number of ether oxygens (including phenoxy) is 1. The van der Waals surface area contributed by atoms with Crippen LogP contribution in [0.1, 0.15) is 39.0 Å². The Kier molecular flexibility index (Phi) is 8.08. The Bertz CT molecular complexity index is 553. The Balaban J connectivity index is 1.91. The van der Waals surface area contributed by atoms with E-state index in [0.717, 1.165) is 43.7 Å². The highest BCUT2D eigenvalue weighted by molar-refractivity contribution is 6.60. The molecule has 0 N–H and O–H groups in total. The zero-order valence-corrected chi connectivity index (χ0v) is 17.3. The number of rotatable bonds is 9. The second-order valence-electron chi connectivity index (χ2n) is 6.61. The fourth-order valence-corrected chi connectivity index (χ4v) is 5.06. The largest absolute Gasteiger partial charge is 0.500 e. The van der Waals surface area contributed by atoms with Crippen LogP contribution in [-0.4, -0.2) is 48.7 Å². The SMILES string of the molecule is CO[Si](CCC(C)Oc1ccc(N2CCCCCC2=O)cc1)(OC)OC. The van der Waals surface area contributed by atoms with Crippen LogP contribution in [0.5, 0.6) is 5.75 Å². The number of benzene rings is 1. The first-order valence-corrected chi connectivity index (χ1v) is 11.2. The van der Waals surface area contributed by atoms with Crippen LogP contribution < -0.4 is 9.64 Å². The van der Waals surface area contributed by atoms with Gasteiger partial charge < -0.3 is 22.9 Å². The molecule has 2 rings (SSSR count). The van der Waals surface area contributed by atoms with Crippen molar-refractivity contribution < 1.29 is 22.8 Å². The van der Waals surface area contributed by atoms with Crippen molar-refractivity contribution in [2.75, 3.05) is 32.8 Å². The molecule has 1 aliphatic rings. The van der Waals surface area contributed by atoms with Crippen molar-refractivity contribution in [2.45, 2.75) is 51.2 Å². The van der Waals surface area contributed by atoms with Gasteiger partial charge >= 0.3 is 8.80 Å². The maximum absolute atomic E-state index is 12.2. The molecule has 1 aromatic rings. The second kappa shape index (κ2) is 10.1. The van der Waals surface area contributed by atoms with Crippen LogP contribution in [0.3, 0.4) is 0 Å². The van der Waals surface area contributed by atoms with Gasteiger partial charge in [0.1, 0.15) is 5.75 Å². The average molecular weight is 382 g/mol. The van der Waals surface area contributed by atoms with Crippen molar-refractivity contribution in [3.63, 3.8) is 0 Å². The first kappa shape index (κ1) is 20.9. The summed E-state index contributed by atoms with van der Waals surface area (Å²) in [5, 5.41) is 0. The summed E-state index contributed by atoms with van der Waals surface area (Å²) in [4.78, 5) is 14.1. The molecule has 146 valence electrons. The van der Waals surface area contributed by atoms with Crippen molar-refractivity contribution in [1.29, 1.82) is 0 Å². The van der Waals surface area contributed by atoms with Crippen LogP contribution in [0.4, 0.5) is 5.69 Å². The molecule has 1 saturated heterocycles. The van der Waals surface area contributed by atoms with Crippen LogP contribution in [0.25, 0.3) is 0 Å². The number of amides is 1. The van der Waals surface area contributed by atoms with E-state index in [1.54, 1.807) is 21.3 Å². The summed E-state index contributed by atoms with van der Waals surface area (Å²) in [6.07, 6.45) is 4.59. The number of nitrogens with zero attached hydrogens (tertiary/aromatic N) is 1. The number of hydrogen-bond donors (Lipinski definition) is 0. The van der Waals surface area contributed by atoms with Crippen LogP contribution in [0.15, 0.2) is 24.3 Å². The highest BCUT2D eigenvalue weighted by atomic mass is 28.4. The normalized spacial score (nSPS) is 17.1. The first-order valence-electron chi connectivity index (χ1n) is 9.26. The molecule has 0 radical (unpaired) electrons. The van der Waals surface area contributed by atoms with E-state index in [0.29, 0.717) is 12.5 Å². The Morgan fingerprint density at radius 2 is 1.69 bits per heavy atom. The molecule has 0 aromatic heterocycles. The molecule has 0 saturated carbocycles. The quantitative estimate of drug-likeness (QED) is 0.612. The van der Waals surface area contributed by atoms with E-state index >= 15 is 0 Å². The lowest BCUT2D eigenvalue weighted by Gasteiger charge is -2.26. The summed E-state index contributed by atoms with van der Waals surface area (Å²) in [5.74, 6) is 1.01. The minimum Gasteiger partial charge on any atom is -0.491 e. The highest BCUT2D eigenvalue weighted by Crippen LogP contribution is 2.25. The molecule has 0 aliphatic carbocycles. The van der Waals surface area contributed by atoms with Gasteiger partial charge in [0.05, 0.1) is 6.10 Å². The lowest BCUT2D eigenvalue weighted by atomic mass is 10.2. The molecule has 1 atom stereocenters. The van der Waals surface area contributed by atoms with E-state index in [9.17, 15) is 4.79 Å². The Morgan fingerprint density at radius 3 is 2.31 bits per heavy atom. The van der Waals surface area contributed by atoms with Crippen LogP contribution >= 0.6 is 0 Å². The molecular formula is C19H31NO5Si. The molecule has 1 aliphatic heterocycles. The van der Waals surface area contributed by atoms with Gasteiger partial charge in [-0.2, -0.15) is 0 Å². The van der Waals surface area contributed by atoms with Crippen molar-refractivity contribution in [1.82, 2.24) is 0 Å². The van der Waals surface area contributed by atoms with Crippen molar-refractivity contribution in [3.05, 3.63) is 24.3 Å². The van der Waals surface area contributed by atoms with E-state index in [2.05, 4.69) is 0 Å². The Hall–Kier alpha value is -1.41. The summed E-state index contributed by atoms with van der Waals surface area (Å²) in [6.45, 7) is 2.82. The predicted octanol–water partition coefficient (Wildman–Crippen LogP) is 3.63. The van der Waals surface area contributed by atoms with Gasteiger partial charge in [-0.25, -0.2) is 0 Å². The van der Waals surface area contributed by atoms with E-state index in [-0.39, 0.29) is 12.0 Å². The van der Waals surface area contributed by atoms with Gasteiger partial charge in [0.25, 0.3) is 0 Å². The van der Waals surface area contributed by atoms with Crippen LogP contribution in [0, 0.1) is 0 Å². The average Bonchev–Trinajstić information content (AvgIpc) is 2.88. The van der Waals surface area contributed by atoms with E-state index < -0.39 is 8.80 Å². The van der Waals surface area contributed by atoms with Crippen molar-refractivity contribution >= 4 is 20.4 Å². The fourth-order valence-electron chi connectivity index (χ4n) is 3.19. The maximum atomic E-state index is 12.2. The monoisotopic (exact) mass is 381 g/mol. The number of carbonyl (C=O) groups is 1. The number of hydrogen-bond acceptors (Lipinski definition) is 5. The summed E-state index contributed by atoms with van der Waals surface area (Å²) in [7, 11) is 2.29. The Morgan fingerprint density at radius 1 is 1.04 bits per heavy atom. The molecular weight excluding hydrogens is 350 g/mol. The second-order valence-corrected chi connectivity index (χ2v) is 9.70. The van der Waals surface area contributed by atoms with E-state index in [1.165, 1.54) is 0 Å². The van der Waals surface area contributed by atoms with Crippen molar-refractivity contribution in [2.24, 2.45) is 0 Å². The zero-order valence-electron chi connectivity index (χ0n) is 16.3. The van der Waals surface area contributed by atoms with Gasteiger partial charge in [0.2, 0.25) is 5.91 Å². The number of anilines is 1. The fraction of sp³-hybridized carbons (Fsp3) is 0.632. The van der Waals surface area contributed by atoms with Crippen molar-refractivity contribution in [3.8, 4) is 5.75 Å². The maximum Gasteiger partial charge on any atom is 0.500 e. The molecule has 1 unspecified atom stereocenters. The standard InChI is InChI=1S/C19H31NO5Si/c1-16(13-15-26(22-2,23-3)24-4)25-18-11-9-17(10-12-18)20-14-7-5-6-8-19(20)21/h9-12,16H,5-8,13-15H2,1-4H3. The molecule has 1 fully saturated rings. The summed E-state index contributed by atoms with van der Waals surface area (Å²) < 4.78 is 22.3. The molecule has 1 amide bonds. The molecule has 1 heterocycles. The summed E-state index contributed by atoms with van der Waals surface area (Å²) in [5.41, 5.74) is 0.946. The third kappa shape index (κ3) is 5.54. The van der Waals surface area contributed by atoms with E-state index in [4.69, 9.17) is 18.0 Å². The van der Waals surface area contributed by atoms with Gasteiger partial charge in [0.15, 0.2) is 0 Å².